The molecule has 0 spiro atoms. The average molecular weight is 524 g/mol. The van der Waals surface area contributed by atoms with Gasteiger partial charge < -0.3 is 14.6 Å². The van der Waals surface area contributed by atoms with E-state index in [0.29, 0.717) is 36.1 Å². The second-order valence-corrected chi connectivity index (χ2v) is 10.8. The molecule has 1 aromatic heterocycles. The minimum Gasteiger partial charge on any atom is -0.480 e. The number of likely N-dealkylation sites (tertiary alicyclic amines) is 1. The van der Waals surface area contributed by atoms with E-state index in [-0.39, 0.29) is 26.5 Å². The summed E-state index contributed by atoms with van der Waals surface area (Å²) in [6.07, 6.45) is 3.71. The van der Waals surface area contributed by atoms with Crippen molar-refractivity contribution < 1.29 is 23.1 Å². The van der Waals surface area contributed by atoms with Gasteiger partial charge in [-0.25, -0.2) is 8.42 Å². The van der Waals surface area contributed by atoms with Crippen molar-refractivity contribution in [1.82, 2.24) is 9.47 Å². The Kier molecular flexibility index (Phi) is 6.80. The molecule has 0 aliphatic carbocycles. The van der Waals surface area contributed by atoms with Crippen molar-refractivity contribution in [3.63, 3.8) is 0 Å². The van der Waals surface area contributed by atoms with Crippen molar-refractivity contribution in [2.45, 2.75) is 31.2 Å². The van der Waals surface area contributed by atoms with Crippen LogP contribution >= 0.6 is 23.2 Å². The highest BCUT2D eigenvalue weighted by molar-refractivity contribution is 7.92. The van der Waals surface area contributed by atoms with E-state index in [2.05, 4.69) is 0 Å². The molecular weight excluding hydrogens is 501 g/mol. The number of carbonyl (C=O) groups excluding carboxylic acids is 1. The summed E-state index contributed by atoms with van der Waals surface area (Å²) in [5.41, 5.74) is 1.33. The SMILES string of the molecule is CCn1cc(C(=O)N2CCCC2)c2ccc(N(CC(=O)O)S(=O)(=O)c3cc(Cl)cc(Cl)c3)cc21. The van der Waals surface area contributed by atoms with Gasteiger partial charge in [0.25, 0.3) is 15.9 Å². The molecule has 1 aliphatic heterocycles. The van der Waals surface area contributed by atoms with Crippen LogP contribution in [0.4, 0.5) is 5.69 Å². The Balaban J connectivity index is 1.83. The van der Waals surface area contributed by atoms with Crippen LogP contribution in [0.3, 0.4) is 0 Å². The predicted molar refractivity (Wildman–Crippen MR) is 131 cm³/mol. The number of anilines is 1. The van der Waals surface area contributed by atoms with E-state index in [9.17, 15) is 23.1 Å². The lowest BCUT2D eigenvalue weighted by Gasteiger charge is -2.23. The zero-order chi connectivity index (χ0) is 24.6. The normalized spacial score (nSPS) is 14.0. The van der Waals surface area contributed by atoms with Gasteiger partial charge in [0.15, 0.2) is 0 Å². The highest BCUT2D eigenvalue weighted by Gasteiger charge is 2.29. The van der Waals surface area contributed by atoms with Crippen LogP contribution in [0, 0.1) is 0 Å². The van der Waals surface area contributed by atoms with Gasteiger partial charge in [0, 0.05) is 41.3 Å². The summed E-state index contributed by atoms with van der Waals surface area (Å²) in [5.74, 6) is -1.39. The molecule has 0 bridgehead atoms. The fraction of sp³-hybridized carbons (Fsp3) is 0.304. The molecule has 0 radical (unpaired) electrons. The molecule has 0 saturated carbocycles. The molecule has 11 heteroatoms. The number of carbonyl (C=O) groups is 2. The number of halogens is 2. The Morgan fingerprint density at radius 3 is 2.29 bits per heavy atom. The summed E-state index contributed by atoms with van der Waals surface area (Å²) in [5, 5.41) is 10.4. The Labute approximate surface area is 207 Å². The third kappa shape index (κ3) is 4.60. The van der Waals surface area contributed by atoms with Gasteiger partial charge in [-0.1, -0.05) is 23.2 Å². The third-order valence-corrected chi connectivity index (χ3v) is 8.01. The lowest BCUT2D eigenvalue weighted by Crippen LogP contribution is -2.35. The Hall–Kier alpha value is -2.75. The fourth-order valence-electron chi connectivity index (χ4n) is 4.20. The maximum atomic E-state index is 13.4. The number of sulfonamides is 1. The molecule has 34 heavy (non-hydrogen) atoms. The molecule has 2 aromatic carbocycles. The number of rotatable bonds is 7. The summed E-state index contributed by atoms with van der Waals surface area (Å²) in [4.78, 5) is 26.3. The molecule has 2 heterocycles. The minimum absolute atomic E-state index is 0.0639. The van der Waals surface area contributed by atoms with Crippen LogP contribution in [0.2, 0.25) is 10.0 Å². The van der Waals surface area contributed by atoms with E-state index in [1.807, 2.05) is 16.4 Å². The van der Waals surface area contributed by atoms with Crippen LogP contribution in [-0.2, 0) is 21.4 Å². The lowest BCUT2D eigenvalue weighted by molar-refractivity contribution is -0.135. The highest BCUT2D eigenvalue weighted by atomic mass is 35.5. The number of carboxylic acid groups (broad SMARTS) is 1. The molecule has 1 aliphatic rings. The van der Waals surface area contributed by atoms with E-state index in [1.54, 1.807) is 18.3 Å². The Bertz CT molecular complexity index is 1360. The molecule has 4 rings (SSSR count). The van der Waals surface area contributed by atoms with Gasteiger partial charge in [0.1, 0.15) is 6.54 Å². The summed E-state index contributed by atoms with van der Waals surface area (Å²) in [6, 6.07) is 8.59. The maximum Gasteiger partial charge on any atom is 0.324 e. The highest BCUT2D eigenvalue weighted by Crippen LogP contribution is 2.32. The number of amides is 1. The first kappa shape index (κ1) is 24.4. The average Bonchev–Trinajstić information content (AvgIpc) is 3.44. The molecule has 1 N–H and O–H groups in total. The van der Waals surface area contributed by atoms with Gasteiger partial charge in [0.05, 0.1) is 21.7 Å². The van der Waals surface area contributed by atoms with Gasteiger partial charge in [-0.3, -0.25) is 13.9 Å². The van der Waals surface area contributed by atoms with Gasteiger partial charge in [-0.2, -0.15) is 0 Å². The number of hydrogen-bond donors (Lipinski definition) is 1. The van der Waals surface area contributed by atoms with E-state index >= 15 is 0 Å². The molecule has 0 unspecified atom stereocenters. The third-order valence-electron chi connectivity index (χ3n) is 5.82. The molecule has 1 amide bonds. The van der Waals surface area contributed by atoms with E-state index in [1.165, 1.54) is 24.3 Å². The second kappa shape index (κ2) is 9.48. The summed E-state index contributed by atoms with van der Waals surface area (Å²) in [7, 11) is -4.31. The van der Waals surface area contributed by atoms with Crippen molar-refractivity contribution in [3.8, 4) is 0 Å². The van der Waals surface area contributed by atoms with Crippen molar-refractivity contribution in [1.29, 1.82) is 0 Å². The first-order chi connectivity index (χ1) is 16.1. The number of aryl methyl sites for hydroxylation is 1. The zero-order valence-corrected chi connectivity index (χ0v) is 20.7. The zero-order valence-electron chi connectivity index (χ0n) is 18.4. The van der Waals surface area contributed by atoms with Gasteiger partial charge in [0.2, 0.25) is 0 Å². The number of carboxylic acids is 1. The van der Waals surface area contributed by atoms with E-state index in [0.717, 1.165) is 17.1 Å². The number of aliphatic carboxylic acids is 1. The molecule has 3 aromatic rings. The molecule has 8 nitrogen and oxygen atoms in total. The molecule has 1 fully saturated rings. The number of fused-ring (bicyclic) bond motifs is 1. The Morgan fingerprint density at radius 1 is 1.06 bits per heavy atom. The first-order valence-electron chi connectivity index (χ1n) is 10.7. The van der Waals surface area contributed by atoms with E-state index < -0.39 is 22.5 Å². The first-order valence-corrected chi connectivity index (χ1v) is 12.9. The van der Waals surface area contributed by atoms with Crippen molar-refractivity contribution >= 4 is 61.7 Å². The number of benzene rings is 2. The van der Waals surface area contributed by atoms with Crippen LogP contribution < -0.4 is 4.31 Å². The van der Waals surface area contributed by atoms with Crippen molar-refractivity contribution in [3.05, 3.63) is 58.2 Å². The van der Waals surface area contributed by atoms with Crippen molar-refractivity contribution in [2.24, 2.45) is 0 Å². The summed E-state index contributed by atoms with van der Waals surface area (Å²) in [6.45, 7) is 3.08. The molecule has 0 atom stereocenters. The van der Waals surface area contributed by atoms with Gasteiger partial charge in [-0.05, 0) is 56.2 Å². The van der Waals surface area contributed by atoms with E-state index in [4.69, 9.17) is 23.2 Å². The van der Waals surface area contributed by atoms with Gasteiger partial charge >= 0.3 is 5.97 Å². The van der Waals surface area contributed by atoms with Crippen LogP contribution in [0.25, 0.3) is 10.9 Å². The molecule has 180 valence electrons. The minimum atomic E-state index is -4.31. The maximum absolute atomic E-state index is 13.4. The van der Waals surface area contributed by atoms with Crippen LogP contribution in [0.15, 0.2) is 47.5 Å². The van der Waals surface area contributed by atoms with Crippen LogP contribution in [0.5, 0.6) is 0 Å². The second-order valence-electron chi connectivity index (χ2n) is 8.04. The Morgan fingerprint density at radius 2 is 1.71 bits per heavy atom. The topological polar surface area (TPSA) is 99.9 Å². The van der Waals surface area contributed by atoms with Crippen molar-refractivity contribution in [2.75, 3.05) is 23.9 Å². The summed E-state index contributed by atoms with van der Waals surface area (Å²) < 4.78 is 29.5. The monoisotopic (exact) mass is 523 g/mol. The molecular formula is C23H23Cl2N3O5S. The fourth-order valence-corrected chi connectivity index (χ4v) is 6.33. The number of aromatic nitrogens is 1. The standard InChI is InChI=1S/C23H23Cl2N3O5S/c1-2-26-13-20(23(31)27-7-3-4-8-27)19-6-5-17(12-21(19)26)28(14-22(29)30)34(32,33)18-10-15(24)9-16(25)11-18/h5-6,9-13H,2-4,7-8,14H2,1H3,(H,29,30). The lowest BCUT2D eigenvalue weighted by atomic mass is 10.1. The smallest absolute Gasteiger partial charge is 0.324 e. The quantitative estimate of drug-likeness (QED) is 0.491. The van der Waals surface area contributed by atoms with Gasteiger partial charge in [-0.15, -0.1) is 0 Å². The van der Waals surface area contributed by atoms with Crippen LogP contribution in [0.1, 0.15) is 30.1 Å². The van der Waals surface area contributed by atoms with Crippen LogP contribution in [-0.4, -0.2) is 54.5 Å². The predicted octanol–water partition coefficient (Wildman–Crippen LogP) is 4.48. The largest absolute Gasteiger partial charge is 0.480 e. The number of hydrogen-bond acceptors (Lipinski definition) is 4. The molecule has 1 saturated heterocycles. The number of nitrogens with zero attached hydrogens (tertiary/aromatic N) is 3. The summed E-state index contributed by atoms with van der Waals surface area (Å²) >= 11 is 12.0.